The number of rotatable bonds is 9. The minimum Gasteiger partial charge on any atom is -0.493 e. The van der Waals surface area contributed by atoms with Crippen LogP contribution in [0.25, 0.3) is 0 Å². The van der Waals surface area contributed by atoms with Gasteiger partial charge in [-0.1, -0.05) is 6.07 Å². The van der Waals surface area contributed by atoms with E-state index < -0.39 is 0 Å². The summed E-state index contributed by atoms with van der Waals surface area (Å²) in [6.45, 7) is 1.91. The van der Waals surface area contributed by atoms with Gasteiger partial charge in [-0.2, -0.15) is 0 Å². The van der Waals surface area contributed by atoms with Crippen LogP contribution in [0, 0.1) is 0 Å². The normalized spacial score (nSPS) is 9.79. The van der Waals surface area contributed by atoms with Crippen LogP contribution in [-0.2, 0) is 6.54 Å². The van der Waals surface area contributed by atoms with Crippen LogP contribution in [0.3, 0.4) is 0 Å². The average molecular weight is 355 g/mol. The molecule has 1 aromatic heterocycles. The molecule has 0 aliphatic rings. The van der Waals surface area contributed by atoms with Crippen molar-refractivity contribution in [3.05, 3.63) is 42.1 Å². The van der Waals surface area contributed by atoms with Crippen molar-refractivity contribution in [2.45, 2.75) is 6.54 Å². The number of ether oxygens (including phenoxy) is 4. The zero-order chi connectivity index (χ0) is 16.5. The summed E-state index contributed by atoms with van der Waals surface area (Å²) in [4.78, 5) is 4.10. The summed E-state index contributed by atoms with van der Waals surface area (Å²) >= 11 is 0. The minimum absolute atomic E-state index is 0. The number of pyridine rings is 1. The molecule has 0 aliphatic heterocycles. The number of hydrogen-bond donors (Lipinski definition) is 1. The molecule has 0 radical (unpaired) electrons. The maximum atomic E-state index is 5.53. The largest absolute Gasteiger partial charge is 0.493 e. The molecule has 132 valence electrons. The highest BCUT2D eigenvalue weighted by Crippen LogP contribution is 2.38. The molecule has 0 bridgehead atoms. The molecule has 0 aliphatic carbocycles. The van der Waals surface area contributed by atoms with E-state index in [0.717, 1.165) is 5.56 Å². The molecule has 0 amide bonds. The van der Waals surface area contributed by atoms with E-state index in [1.165, 1.54) is 0 Å². The molecule has 1 aromatic carbocycles. The molecule has 0 spiro atoms. The van der Waals surface area contributed by atoms with Crippen LogP contribution in [-0.4, -0.2) is 39.5 Å². The van der Waals surface area contributed by atoms with Crippen molar-refractivity contribution >= 4 is 12.4 Å². The maximum Gasteiger partial charge on any atom is 0.213 e. The summed E-state index contributed by atoms with van der Waals surface area (Å²) in [5.74, 6) is 2.51. The highest BCUT2D eigenvalue weighted by molar-refractivity contribution is 5.85. The van der Waals surface area contributed by atoms with Gasteiger partial charge in [0, 0.05) is 25.4 Å². The number of nitrogens with one attached hydrogen (secondary N) is 1. The van der Waals surface area contributed by atoms with E-state index >= 15 is 0 Å². The Morgan fingerprint density at radius 2 is 1.71 bits per heavy atom. The number of nitrogens with zero attached hydrogens (tertiary/aromatic N) is 1. The first-order valence-electron chi connectivity index (χ1n) is 7.32. The molecule has 2 aromatic rings. The van der Waals surface area contributed by atoms with E-state index in [1.54, 1.807) is 27.5 Å². The third-order valence-electron chi connectivity index (χ3n) is 3.22. The first-order valence-corrected chi connectivity index (χ1v) is 7.32. The van der Waals surface area contributed by atoms with Crippen molar-refractivity contribution in [2.24, 2.45) is 0 Å². The number of methoxy groups -OCH3 is 3. The average Bonchev–Trinajstić information content (AvgIpc) is 2.61. The molecular formula is C17H23ClN2O4. The fourth-order valence-corrected chi connectivity index (χ4v) is 2.13. The third kappa shape index (κ3) is 5.47. The monoisotopic (exact) mass is 354 g/mol. The molecule has 2 rings (SSSR count). The molecule has 0 saturated heterocycles. The lowest BCUT2D eigenvalue weighted by molar-refractivity contribution is 0.301. The molecule has 1 heterocycles. The molecule has 1 N–H and O–H groups in total. The quantitative estimate of drug-likeness (QED) is 0.699. The Hall–Kier alpha value is -2.18. The van der Waals surface area contributed by atoms with Crippen LogP contribution >= 0.6 is 12.4 Å². The van der Waals surface area contributed by atoms with Crippen molar-refractivity contribution in [3.8, 4) is 23.1 Å². The smallest absolute Gasteiger partial charge is 0.213 e. The zero-order valence-electron chi connectivity index (χ0n) is 14.1. The highest BCUT2D eigenvalue weighted by atomic mass is 35.5. The van der Waals surface area contributed by atoms with Gasteiger partial charge in [-0.25, -0.2) is 4.98 Å². The molecule has 24 heavy (non-hydrogen) atoms. The molecule has 0 unspecified atom stereocenters. The first-order chi connectivity index (χ1) is 11.3. The van der Waals surface area contributed by atoms with Crippen molar-refractivity contribution in [3.63, 3.8) is 0 Å². The molecule has 7 heteroatoms. The number of benzene rings is 1. The maximum absolute atomic E-state index is 5.53. The summed E-state index contributed by atoms with van der Waals surface area (Å²) < 4.78 is 21.5. The Balaban J connectivity index is 0.00000288. The van der Waals surface area contributed by atoms with Crippen LogP contribution in [0.2, 0.25) is 0 Å². The van der Waals surface area contributed by atoms with Crippen molar-refractivity contribution in [1.82, 2.24) is 10.3 Å². The van der Waals surface area contributed by atoms with E-state index in [2.05, 4.69) is 10.3 Å². The lowest BCUT2D eigenvalue weighted by Crippen LogP contribution is -2.20. The summed E-state index contributed by atoms with van der Waals surface area (Å²) in [6, 6.07) is 9.43. The second kappa shape index (κ2) is 10.6. The van der Waals surface area contributed by atoms with Crippen molar-refractivity contribution in [1.29, 1.82) is 0 Å². The van der Waals surface area contributed by atoms with E-state index in [-0.39, 0.29) is 12.4 Å². The van der Waals surface area contributed by atoms with Gasteiger partial charge in [0.2, 0.25) is 11.6 Å². The van der Waals surface area contributed by atoms with E-state index in [0.29, 0.717) is 42.8 Å². The molecule has 0 saturated carbocycles. The third-order valence-corrected chi connectivity index (χ3v) is 3.22. The molecule has 0 fully saturated rings. The van der Waals surface area contributed by atoms with Gasteiger partial charge in [0.1, 0.15) is 6.61 Å². The Morgan fingerprint density at radius 1 is 1.00 bits per heavy atom. The van der Waals surface area contributed by atoms with E-state index in [4.69, 9.17) is 18.9 Å². The molecule has 0 atom stereocenters. The second-order valence-electron chi connectivity index (χ2n) is 4.73. The van der Waals surface area contributed by atoms with Gasteiger partial charge >= 0.3 is 0 Å². The molecular weight excluding hydrogens is 332 g/mol. The summed E-state index contributed by atoms with van der Waals surface area (Å²) in [7, 11) is 4.80. The van der Waals surface area contributed by atoms with Gasteiger partial charge in [0.05, 0.1) is 21.3 Å². The number of aromatic nitrogens is 1. The fourth-order valence-electron chi connectivity index (χ4n) is 2.13. The van der Waals surface area contributed by atoms with Gasteiger partial charge in [-0.05, 0) is 23.8 Å². The lowest BCUT2D eigenvalue weighted by Gasteiger charge is -2.14. The predicted octanol–water partition coefficient (Wildman–Crippen LogP) is 2.70. The van der Waals surface area contributed by atoms with E-state index in [1.807, 2.05) is 30.3 Å². The topological polar surface area (TPSA) is 61.8 Å². The van der Waals surface area contributed by atoms with Crippen LogP contribution in [0.5, 0.6) is 23.1 Å². The minimum atomic E-state index is 0. The lowest BCUT2D eigenvalue weighted by atomic mass is 10.2. The zero-order valence-corrected chi connectivity index (χ0v) is 14.9. The van der Waals surface area contributed by atoms with Crippen LogP contribution < -0.4 is 24.3 Å². The van der Waals surface area contributed by atoms with Crippen molar-refractivity contribution in [2.75, 3.05) is 34.5 Å². The molecule has 6 nitrogen and oxygen atoms in total. The standard InChI is InChI=1S/C17H22N2O4.ClH/c1-20-14-10-13(11-15(21-2)17(14)22-3)12-18-8-9-23-16-6-4-5-7-19-16;/h4-7,10-11,18H,8-9,12H2,1-3H3;1H. The van der Waals surface area contributed by atoms with Gasteiger partial charge in [-0.15, -0.1) is 12.4 Å². The first kappa shape index (κ1) is 19.9. The van der Waals surface area contributed by atoms with Crippen LogP contribution in [0.15, 0.2) is 36.5 Å². The van der Waals surface area contributed by atoms with Crippen LogP contribution in [0.4, 0.5) is 0 Å². The van der Waals surface area contributed by atoms with Gasteiger partial charge in [0.25, 0.3) is 0 Å². The summed E-state index contributed by atoms with van der Waals surface area (Å²) in [5.41, 5.74) is 1.04. The van der Waals surface area contributed by atoms with Gasteiger partial charge in [-0.3, -0.25) is 0 Å². The van der Waals surface area contributed by atoms with E-state index in [9.17, 15) is 0 Å². The Kier molecular flexibility index (Phi) is 8.75. The van der Waals surface area contributed by atoms with Gasteiger partial charge in [0.15, 0.2) is 11.5 Å². The fraction of sp³-hybridized carbons (Fsp3) is 0.353. The summed E-state index contributed by atoms with van der Waals surface area (Å²) in [5, 5.41) is 3.31. The number of halogens is 1. The van der Waals surface area contributed by atoms with Crippen molar-refractivity contribution < 1.29 is 18.9 Å². The highest BCUT2D eigenvalue weighted by Gasteiger charge is 2.12. The Labute approximate surface area is 148 Å². The SMILES string of the molecule is COc1cc(CNCCOc2ccccn2)cc(OC)c1OC.Cl. The Bertz CT molecular complexity index is 586. The Morgan fingerprint density at radius 3 is 2.25 bits per heavy atom. The second-order valence-corrected chi connectivity index (χ2v) is 4.73. The van der Waals surface area contributed by atoms with Crippen LogP contribution in [0.1, 0.15) is 5.56 Å². The number of hydrogen-bond acceptors (Lipinski definition) is 6. The predicted molar refractivity (Wildman–Crippen MR) is 94.8 cm³/mol. The summed E-state index contributed by atoms with van der Waals surface area (Å²) in [6.07, 6.45) is 1.71. The van der Waals surface area contributed by atoms with Gasteiger partial charge < -0.3 is 24.3 Å².